The highest BCUT2D eigenvalue weighted by molar-refractivity contribution is 6.30. The highest BCUT2D eigenvalue weighted by atomic mass is 35.5. The number of aryl methyl sites for hydroxylation is 1. The van der Waals surface area contributed by atoms with Crippen molar-refractivity contribution in [2.24, 2.45) is 11.3 Å². The van der Waals surface area contributed by atoms with Gasteiger partial charge in [0.05, 0.1) is 22.8 Å². The minimum absolute atomic E-state index is 0.0417. The molecule has 0 saturated carbocycles. The van der Waals surface area contributed by atoms with Gasteiger partial charge in [0.15, 0.2) is 5.78 Å². The minimum Gasteiger partial charge on any atom is -0.487 e. The quantitative estimate of drug-likeness (QED) is 0.188. The first kappa shape index (κ1) is 30.0. The zero-order chi connectivity index (χ0) is 29.9. The number of rotatable bonds is 11. The van der Waals surface area contributed by atoms with Crippen molar-refractivity contribution in [3.8, 4) is 5.75 Å². The monoisotopic (exact) mass is 574 g/mol. The Morgan fingerprint density at radius 3 is 2.39 bits per heavy atom. The van der Waals surface area contributed by atoms with E-state index in [0.29, 0.717) is 45.8 Å². The van der Waals surface area contributed by atoms with Gasteiger partial charge >= 0.3 is 5.97 Å². The van der Waals surface area contributed by atoms with Gasteiger partial charge in [0.1, 0.15) is 12.4 Å². The van der Waals surface area contributed by atoms with Gasteiger partial charge in [-0.05, 0) is 67.8 Å². The van der Waals surface area contributed by atoms with Crippen molar-refractivity contribution in [3.63, 3.8) is 0 Å². The Morgan fingerprint density at radius 1 is 1.07 bits per heavy atom. The van der Waals surface area contributed by atoms with Crippen LogP contribution in [-0.4, -0.2) is 32.0 Å². The molecule has 214 valence electrons. The molecule has 0 amide bonds. The third kappa shape index (κ3) is 6.68. The average Bonchev–Trinajstić information content (AvgIpc) is 3.23. The summed E-state index contributed by atoms with van der Waals surface area (Å²) in [5.74, 6) is -1.72. The first-order chi connectivity index (χ1) is 19.4. The SMILES string of the molecule is CCCC(Cc1c(C(=O)C(C)(C)C)c2cc(OCc3cccc(C)n3)ccn2c1C(=O)c1ccc(Cl)cc1)C(=O)O. The standard InChI is InChI=1S/C33H35ClN2O5/c1-6-8-22(32(39)40)17-26-28(31(38)33(3,4)5)27-18-25(41-19-24-10-7-9-20(2)35-24)15-16-36(27)29(26)30(37)21-11-13-23(34)14-12-21/h7,9-16,18,22H,6,8,17,19H2,1-5H3,(H,39,40). The van der Waals surface area contributed by atoms with E-state index >= 15 is 0 Å². The number of aliphatic carboxylic acids is 1. The zero-order valence-corrected chi connectivity index (χ0v) is 24.8. The molecule has 0 spiro atoms. The number of benzene rings is 1. The number of hydrogen-bond donors (Lipinski definition) is 1. The largest absolute Gasteiger partial charge is 0.487 e. The highest BCUT2D eigenvalue weighted by Crippen LogP contribution is 2.36. The number of hydrogen-bond acceptors (Lipinski definition) is 5. The Bertz CT molecular complexity index is 1600. The Balaban J connectivity index is 1.94. The fourth-order valence-corrected chi connectivity index (χ4v) is 5.06. The summed E-state index contributed by atoms with van der Waals surface area (Å²) in [4.78, 5) is 44.8. The Hall–Kier alpha value is -3.97. The number of carbonyl (C=O) groups is 3. The van der Waals surface area contributed by atoms with E-state index in [-0.39, 0.29) is 30.3 Å². The molecule has 0 aliphatic rings. The molecular weight excluding hydrogens is 540 g/mol. The van der Waals surface area contributed by atoms with Crippen LogP contribution in [0.2, 0.25) is 5.02 Å². The van der Waals surface area contributed by atoms with Gasteiger partial charge < -0.3 is 14.2 Å². The number of pyridine rings is 2. The molecule has 4 aromatic rings. The topological polar surface area (TPSA) is 98.0 Å². The van der Waals surface area contributed by atoms with E-state index in [1.54, 1.807) is 47.0 Å². The maximum atomic E-state index is 14.1. The molecule has 0 aliphatic carbocycles. The van der Waals surface area contributed by atoms with Gasteiger partial charge in [-0.15, -0.1) is 0 Å². The molecule has 3 heterocycles. The van der Waals surface area contributed by atoms with Crippen molar-refractivity contribution in [3.05, 3.63) is 99.6 Å². The summed E-state index contributed by atoms with van der Waals surface area (Å²) >= 11 is 6.08. The lowest BCUT2D eigenvalue weighted by Crippen LogP contribution is -2.24. The van der Waals surface area contributed by atoms with Gasteiger partial charge in [-0.25, -0.2) is 0 Å². The lowest BCUT2D eigenvalue weighted by Gasteiger charge is -2.19. The molecule has 0 aliphatic heterocycles. The van der Waals surface area contributed by atoms with Crippen LogP contribution in [0.15, 0.2) is 60.8 Å². The van der Waals surface area contributed by atoms with E-state index in [2.05, 4.69) is 4.98 Å². The number of aromatic nitrogens is 2. The number of carboxylic acids is 1. The lowest BCUT2D eigenvalue weighted by atomic mass is 9.82. The predicted octanol–water partition coefficient (Wildman–Crippen LogP) is 7.38. The molecule has 7 nitrogen and oxygen atoms in total. The molecule has 8 heteroatoms. The molecule has 41 heavy (non-hydrogen) atoms. The summed E-state index contributed by atoms with van der Waals surface area (Å²) in [5.41, 5.74) is 2.77. The van der Waals surface area contributed by atoms with Gasteiger partial charge in [-0.3, -0.25) is 19.4 Å². The second kappa shape index (κ2) is 12.3. The molecule has 0 fully saturated rings. The van der Waals surface area contributed by atoms with Gasteiger partial charge in [0.25, 0.3) is 0 Å². The molecule has 3 aromatic heterocycles. The van der Waals surface area contributed by atoms with Crippen LogP contribution in [0.3, 0.4) is 0 Å². The van der Waals surface area contributed by atoms with Crippen LogP contribution in [0.5, 0.6) is 5.75 Å². The Labute approximate surface area is 245 Å². The van der Waals surface area contributed by atoms with Gasteiger partial charge in [0.2, 0.25) is 5.78 Å². The minimum atomic E-state index is -0.962. The molecule has 1 atom stereocenters. The van der Waals surface area contributed by atoms with Gasteiger partial charge in [0, 0.05) is 39.5 Å². The van der Waals surface area contributed by atoms with Crippen LogP contribution in [0, 0.1) is 18.3 Å². The van der Waals surface area contributed by atoms with Crippen molar-refractivity contribution in [2.75, 3.05) is 0 Å². The molecule has 0 saturated heterocycles. The predicted molar refractivity (Wildman–Crippen MR) is 159 cm³/mol. The maximum absolute atomic E-state index is 14.1. The summed E-state index contributed by atoms with van der Waals surface area (Å²) in [6, 6.07) is 15.7. The summed E-state index contributed by atoms with van der Waals surface area (Å²) in [7, 11) is 0. The summed E-state index contributed by atoms with van der Waals surface area (Å²) in [5, 5.41) is 10.5. The molecule has 4 rings (SSSR count). The van der Waals surface area contributed by atoms with Crippen molar-refractivity contribution in [1.29, 1.82) is 0 Å². The second-order valence-corrected chi connectivity index (χ2v) is 11.8. The number of ketones is 2. The van der Waals surface area contributed by atoms with Crippen molar-refractivity contribution < 1.29 is 24.2 Å². The number of carboxylic acid groups (broad SMARTS) is 1. The van der Waals surface area contributed by atoms with E-state index in [4.69, 9.17) is 16.3 Å². The summed E-state index contributed by atoms with van der Waals surface area (Å²) in [6.45, 7) is 9.49. The number of fused-ring (bicyclic) bond motifs is 1. The van der Waals surface area contributed by atoms with Crippen molar-refractivity contribution in [2.45, 2.75) is 60.5 Å². The van der Waals surface area contributed by atoms with Crippen LogP contribution >= 0.6 is 11.6 Å². The van der Waals surface area contributed by atoms with Crippen molar-refractivity contribution in [1.82, 2.24) is 9.38 Å². The highest BCUT2D eigenvalue weighted by Gasteiger charge is 2.35. The van der Waals surface area contributed by atoms with Crippen LogP contribution in [0.4, 0.5) is 0 Å². The fraction of sp³-hybridized carbons (Fsp3) is 0.333. The normalized spacial score (nSPS) is 12.3. The Morgan fingerprint density at radius 2 is 1.78 bits per heavy atom. The Kier molecular flexibility index (Phi) is 8.98. The number of ether oxygens (including phenoxy) is 1. The van der Waals surface area contributed by atoms with Crippen LogP contribution < -0.4 is 4.74 Å². The van der Waals surface area contributed by atoms with Gasteiger partial charge in [-0.2, -0.15) is 0 Å². The van der Waals surface area contributed by atoms with Gasteiger partial charge in [-0.1, -0.05) is 51.8 Å². The fourth-order valence-electron chi connectivity index (χ4n) is 4.93. The third-order valence-electron chi connectivity index (χ3n) is 7.01. The zero-order valence-electron chi connectivity index (χ0n) is 24.0. The lowest BCUT2D eigenvalue weighted by molar-refractivity contribution is -0.141. The van der Waals surface area contributed by atoms with E-state index < -0.39 is 17.3 Å². The molecule has 1 unspecified atom stereocenters. The van der Waals surface area contributed by atoms with E-state index in [9.17, 15) is 19.5 Å². The van der Waals surface area contributed by atoms with Crippen LogP contribution in [0.25, 0.3) is 5.52 Å². The maximum Gasteiger partial charge on any atom is 0.306 e. The third-order valence-corrected chi connectivity index (χ3v) is 7.26. The number of Topliss-reactive ketones (excluding diaryl/α,β-unsaturated/α-hetero) is 1. The summed E-state index contributed by atoms with van der Waals surface area (Å²) in [6.07, 6.45) is 2.81. The average molecular weight is 575 g/mol. The molecule has 1 N–H and O–H groups in total. The first-order valence-electron chi connectivity index (χ1n) is 13.7. The van der Waals surface area contributed by atoms with E-state index in [1.807, 2.05) is 52.8 Å². The van der Waals surface area contributed by atoms with Crippen LogP contribution in [0.1, 0.15) is 83.9 Å². The molecule has 0 bridgehead atoms. The molecular formula is C33H35ClN2O5. The first-order valence-corrected chi connectivity index (χ1v) is 14.1. The second-order valence-electron chi connectivity index (χ2n) is 11.3. The van der Waals surface area contributed by atoms with Crippen LogP contribution in [-0.2, 0) is 17.8 Å². The number of halogens is 1. The number of nitrogens with zero attached hydrogens (tertiary/aromatic N) is 2. The molecule has 0 radical (unpaired) electrons. The molecule has 1 aromatic carbocycles. The number of carbonyl (C=O) groups excluding carboxylic acids is 2. The van der Waals surface area contributed by atoms with E-state index in [0.717, 1.165) is 11.4 Å². The summed E-state index contributed by atoms with van der Waals surface area (Å²) < 4.78 is 7.75. The van der Waals surface area contributed by atoms with Crippen molar-refractivity contribution >= 4 is 34.7 Å². The van der Waals surface area contributed by atoms with E-state index in [1.165, 1.54) is 0 Å². The smallest absolute Gasteiger partial charge is 0.306 e.